The second kappa shape index (κ2) is 9.52. The number of hydrogen-bond donors (Lipinski definition) is 2. The van der Waals surface area contributed by atoms with Crippen molar-refractivity contribution < 1.29 is 0 Å². The predicted octanol–water partition coefficient (Wildman–Crippen LogP) is 2.74. The summed E-state index contributed by atoms with van der Waals surface area (Å²) in [5.41, 5.74) is 2.33. The molecule has 1 fully saturated rings. The molecule has 1 aliphatic rings. The van der Waals surface area contributed by atoms with Crippen LogP contribution < -0.4 is 15.5 Å². The molecule has 6 nitrogen and oxygen atoms in total. The number of aliphatic imine (C=N–C) groups is 1. The van der Waals surface area contributed by atoms with E-state index in [9.17, 15) is 0 Å². The first-order valence-electron chi connectivity index (χ1n) is 9.37. The summed E-state index contributed by atoms with van der Waals surface area (Å²) in [6.07, 6.45) is 5.32. The molecule has 0 amide bonds. The van der Waals surface area contributed by atoms with Gasteiger partial charge in [-0.15, -0.1) is 11.3 Å². The lowest BCUT2D eigenvalue weighted by Crippen LogP contribution is -2.38. The van der Waals surface area contributed by atoms with Crippen molar-refractivity contribution in [3.8, 4) is 0 Å². The normalized spacial score (nSPS) is 14.7. The van der Waals surface area contributed by atoms with E-state index < -0.39 is 0 Å². The fourth-order valence-electron chi connectivity index (χ4n) is 3.02. The van der Waals surface area contributed by atoms with Gasteiger partial charge in [-0.2, -0.15) is 0 Å². The third-order valence-corrected chi connectivity index (χ3v) is 5.17. The monoisotopic (exact) mass is 372 g/mol. The summed E-state index contributed by atoms with van der Waals surface area (Å²) in [6.45, 7) is 8.66. The smallest absolute Gasteiger partial charge is 0.191 e. The molecule has 1 saturated heterocycles. The molecule has 3 heterocycles. The SMILES string of the molecule is CCNC(=NCc1ccnc(N2CCCC2)c1)NCCc1csc(C)n1. The summed E-state index contributed by atoms with van der Waals surface area (Å²) >= 11 is 1.70. The second-order valence-corrected chi connectivity index (χ2v) is 7.51. The van der Waals surface area contributed by atoms with Crippen molar-refractivity contribution in [2.45, 2.75) is 39.7 Å². The van der Waals surface area contributed by atoms with E-state index in [1.165, 1.54) is 18.4 Å². The Balaban J connectivity index is 1.55. The van der Waals surface area contributed by atoms with Crippen LogP contribution in [-0.4, -0.2) is 42.1 Å². The average Bonchev–Trinajstić information content (AvgIpc) is 3.32. The molecule has 0 atom stereocenters. The molecular weight excluding hydrogens is 344 g/mol. The number of rotatable bonds is 7. The summed E-state index contributed by atoms with van der Waals surface area (Å²) in [5, 5.41) is 9.95. The van der Waals surface area contributed by atoms with Gasteiger partial charge in [0.1, 0.15) is 5.82 Å². The topological polar surface area (TPSA) is 65.4 Å². The van der Waals surface area contributed by atoms with Gasteiger partial charge in [-0.05, 0) is 44.4 Å². The standard InChI is InChI=1S/C19H28N6S/c1-3-20-19(22-9-7-17-14-26-15(2)24-17)23-13-16-6-8-21-18(12-16)25-10-4-5-11-25/h6,8,12,14H,3-5,7,9-11,13H2,1-2H3,(H2,20,22,23). The van der Waals surface area contributed by atoms with Crippen LogP contribution in [0.25, 0.3) is 0 Å². The van der Waals surface area contributed by atoms with Crippen LogP contribution in [0.3, 0.4) is 0 Å². The Hall–Kier alpha value is -2.15. The lowest BCUT2D eigenvalue weighted by atomic mass is 10.2. The van der Waals surface area contributed by atoms with Crippen molar-refractivity contribution in [1.82, 2.24) is 20.6 Å². The molecule has 1 aliphatic heterocycles. The molecule has 0 saturated carbocycles. The maximum Gasteiger partial charge on any atom is 0.191 e. The molecule has 0 aromatic carbocycles. The van der Waals surface area contributed by atoms with Gasteiger partial charge in [0.25, 0.3) is 0 Å². The zero-order valence-corrected chi connectivity index (χ0v) is 16.5. The molecule has 0 unspecified atom stereocenters. The average molecular weight is 373 g/mol. The maximum absolute atomic E-state index is 4.72. The van der Waals surface area contributed by atoms with Crippen LogP contribution in [0.1, 0.15) is 36.0 Å². The maximum atomic E-state index is 4.72. The van der Waals surface area contributed by atoms with E-state index in [1.54, 1.807) is 11.3 Å². The van der Waals surface area contributed by atoms with Crippen molar-refractivity contribution >= 4 is 23.1 Å². The molecule has 2 aromatic rings. The van der Waals surface area contributed by atoms with Crippen molar-refractivity contribution in [1.29, 1.82) is 0 Å². The van der Waals surface area contributed by atoms with Crippen LogP contribution in [0.4, 0.5) is 5.82 Å². The van der Waals surface area contributed by atoms with E-state index in [2.05, 4.69) is 43.9 Å². The van der Waals surface area contributed by atoms with Gasteiger partial charge in [-0.1, -0.05) is 0 Å². The number of aromatic nitrogens is 2. The molecule has 0 aliphatic carbocycles. The van der Waals surface area contributed by atoms with E-state index in [-0.39, 0.29) is 0 Å². The first kappa shape index (κ1) is 18.6. The Morgan fingerprint density at radius 3 is 2.88 bits per heavy atom. The Morgan fingerprint density at radius 1 is 1.31 bits per heavy atom. The van der Waals surface area contributed by atoms with Gasteiger partial charge in [0.15, 0.2) is 5.96 Å². The second-order valence-electron chi connectivity index (χ2n) is 6.45. The Bertz CT molecular complexity index is 720. The zero-order valence-electron chi connectivity index (χ0n) is 15.7. The molecule has 3 rings (SSSR count). The van der Waals surface area contributed by atoms with E-state index in [1.807, 2.05) is 19.2 Å². The number of anilines is 1. The minimum absolute atomic E-state index is 0.647. The van der Waals surface area contributed by atoms with E-state index >= 15 is 0 Å². The molecule has 0 spiro atoms. The van der Waals surface area contributed by atoms with Crippen molar-refractivity contribution in [3.05, 3.63) is 40.0 Å². The number of nitrogens with one attached hydrogen (secondary N) is 2. The number of hydrogen-bond acceptors (Lipinski definition) is 5. The third kappa shape index (κ3) is 5.42. The van der Waals surface area contributed by atoms with Gasteiger partial charge in [0, 0.05) is 44.2 Å². The first-order valence-corrected chi connectivity index (χ1v) is 10.3. The van der Waals surface area contributed by atoms with Crippen molar-refractivity contribution in [3.63, 3.8) is 0 Å². The molecular formula is C19H28N6S. The molecule has 26 heavy (non-hydrogen) atoms. The summed E-state index contributed by atoms with van der Waals surface area (Å²) in [6, 6.07) is 4.21. The minimum Gasteiger partial charge on any atom is -0.357 e. The first-order chi connectivity index (χ1) is 12.7. The van der Waals surface area contributed by atoms with E-state index in [0.29, 0.717) is 6.54 Å². The van der Waals surface area contributed by atoms with Gasteiger partial charge in [0.05, 0.1) is 17.2 Å². The molecule has 7 heteroatoms. The number of nitrogens with zero attached hydrogens (tertiary/aromatic N) is 4. The summed E-state index contributed by atoms with van der Waals surface area (Å²) in [7, 11) is 0. The molecule has 0 radical (unpaired) electrons. The summed E-state index contributed by atoms with van der Waals surface area (Å²) < 4.78 is 0. The van der Waals surface area contributed by atoms with Crippen LogP contribution in [0.5, 0.6) is 0 Å². The fourth-order valence-corrected chi connectivity index (χ4v) is 3.67. The lowest BCUT2D eigenvalue weighted by molar-refractivity contribution is 0.790. The molecule has 0 bridgehead atoms. The number of aryl methyl sites for hydroxylation is 1. The van der Waals surface area contributed by atoms with Crippen LogP contribution in [0.2, 0.25) is 0 Å². The van der Waals surface area contributed by atoms with Gasteiger partial charge >= 0.3 is 0 Å². The van der Waals surface area contributed by atoms with Crippen molar-refractivity contribution in [2.24, 2.45) is 4.99 Å². The van der Waals surface area contributed by atoms with Gasteiger partial charge in [-0.25, -0.2) is 15.0 Å². The molecule has 2 N–H and O–H groups in total. The number of pyridine rings is 1. The van der Waals surface area contributed by atoms with Crippen LogP contribution in [0, 0.1) is 6.92 Å². The molecule has 140 valence electrons. The quantitative estimate of drug-likeness (QED) is 0.578. The summed E-state index contributed by atoms with van der Waals surface area (Å²) in [4.78, 5) is 16.1. The van der Waals surface area contributed by atoms with Crippen LogP contribution >= 0.6 is 11.3 Å². The fraction of sp³-hybridized carbons (Fsp3) is 0.526. The zero-order chi connectivity index (χ0) is 18.2. The Morgan fingerprint density at radius 2 is 2.15 bits per heavy atom. The van der Waals surface area contributed by atoms with Gasteiger partial charge < -0.3 is 15.5 Å². The highest BCUT2D eigenvalue weighted by Crippen LogP contribution is 2.18. The number of thiazole rings is 1. The highest BCUT2D eigenvalue weighted by Gasteiger charge is 2.13. The number of guanidine groups is 1. The molecule has 2 aromatic heterocycles. The van der Waals surface area contributed by atoms with Crippen molar-refractivity contribution in [2.75, 3.05) is 31.1 Å². The Labute approximate surface area is 159 Å². The van der Waals surface area contributed by atoms with Gasteiger partial charge in [-0.3, -0.25) is 0 Å². The predicted molar refractivity (Wildman–Crippen MR) is 109 cm³/mol. The largest absolute Gasteiger partial charge is 0.357 e. The van der Waals surface area contributed by atoms with Crippen LogP contribution in [-0.2, 0) is 13.0 Å². The van der Waals surface area contributed by atoms with Gasteiger partial charge in [0.2, 0.25) is 0 Å². The van der Waals surface area contributed by atoms with E-state index in [4.69, 9.17) is 4.99 Å². The third-order valence-electron chi connectivity index (χ3n) is 4.34. The Kier molecular flexibility index (Phi) is 6.82. The lowest BCUT2D eigenvalue weighted by Gasteiger charge is -2.16. The van der Waals surface area contributed by atoms with Crippen LogP contribution in [0.15, 0.2) is 28.7 Å². The highest BCUT2D eigenvalue weighted by molar-refractivity contribution is 7.09. The highest BCUT2D eigenvalue weighted by atomic mass is 32.1. The minimum atomic E-state index is 0.647. The summed E-state index contributed by atoms with van der Waals surface area (Å²) in [5.74, 6) is 1.92. The van der Waals surface area contributed by atoms with E-state index in [0.717, 1.165) is 55.1 Å².